The van der Waals surface area contributed by atoms with Gasteiger partial charge in [0.25, 0.3) is 0 Å². The molecule has 106 valence electrons. The van der Waals surface area contributed by atoms with E-state index in [9.17, 15) is 0 Å². The minimum atomic E-state index is 0.767. The van der Waals surface area contributed by atoms with Gasteiger partial charge in [0.05, 0.1) is 6.20 Å². The zero-order valence-electron chi connectivity index (χ0n) is 11.9. The van der Waals surface area contributed by atoms with Gasteiger partial charge in [-0.2, -0.15) is 5.10 Å². The molecule has 0 bridgehead atoms. The maximum atomic E-state index is 4.36. The van der Waals surface area contributed by atoms with Gasteiger partial charge in [0.1, 0.15) is 0 Å². The van der Waals surface area contributed by atoms with Crippen molar-refractivity contribution >= 4 is 0 Å². The predicted molar refractivity (Wildman–Crippen MR) is 76.0 cm³/mol. The Morgan fingerprint density at radius 3 is 2.89 bits per heavy atom. The lowest BCUT2D eigenvalue weighted by Gasteiger charge is -2.32. The number of aryl methyl sites for hydroxylation is 1. The number of nitrogens with one attached hydrogen (secondary N) is 1. The molecule has 0 radical (unpaired) electrons. The largest absolute Gasteiger partial charge is 0.314 e. The van der Waals surface area contributed by atoms with Crippen LogP contribution >= 0.6 is 0 Å². The molecule has 3 heterocycles. The van der Waals surface area contributed by atoms with E-state index in [4.69, 9.17) is 0 Å². The maximum Gasteiger partial charge on any atom is 0.0534 e. The summed E-state index contributed by atoms with van der Waals surface area (Å²) in [6, 6.07) is 0.767. The summed E-state index contributed by atoms with van der Waals surface area (Å²) in [6.45, 7) is 11.3. The van der Waals surface area contributed by atoms with Gasteiger partial charge in [-0.05, 0) is 13.3 Å². The molecular weight excluding hydrogens is 238 g/mol. The molecule has 5 nitrogen and oxygen atoms in total. The van der Waals surface area contributed by atoms with E-state index in [1.807, 2.05) is 10.9 Å². The maximum absolute atomic E-state index is 4.36. The second-order valence-electron chi connectivity index (χ2n) is 5.67. The number of piperazine rings is 1. The lowest BCUT2D eigenvalue weighted by atomic mass is 10.2. The van der Waals surface area contributed by atoms with E-state index in [1.165, 1.54) is 38.2 Å². The number of aromatic nitrogens is 2. The summed E-state index contributed by atoms with van der Waals surface area (Å²) in [5, 5.41) is 7.79. The van der Waals surface area contributed by atoms with Gasteiger partial charge in [0.15, 0.2) is 0 Å². The molecule has 0 amide bonds. The zero-order valence-corrected chi connectivity index (χ0v) is 11.9. The smallest absolute Gasteiger partial charge is 0.0534 e. The van der Waals surface area contributed by atoms with E-state index < -0.39 is 0 Å². The first kappa shape index (κ1) is 13.1. The minimum absolute atomic E-state index is 0.767. The van der Waals surface area contributed by atoms with Gasteiger partial charge in [-0.25, -0.2) is 0 Å². The topological polar surface area (TPSA) is 36.3 Å². The van der Waals surface area contributed by atoms with E-state index in [0.29, 0.717) is 0 Å². The Hall–Kier alpha value is -0.910. The SMILES string of the molecule is CCn1cc(CN2CCC(N3CCNCC3)C2)cn1. The minimum Gasteiger partial charge on any atom is -0.314 e. The average molecular weight is 263 g/mol. The van der Waals surface area contributed by atoms with Crippen molar-refractivity contribution in [2.24, 2.45) is 0 Å². The Morgan fingerprint density at radius 1 is 1.32 bits per heavy atom. The summed E-state index contributed by atoms with van der Waals surface area (Å²) in [5.41, 5.74) is 1.35. The van der Waals surface area contributed by atoms with Gasteiger partial charge in [-0.1, -0.05) is 0 Å². The highest BCUT2D eigenvalue weighted by Crippen LogP contribution is 2.18. The molecule has 1 atom stereocenters. The third-order valence-corrected chi connectivity index (χ3v) is 4.33. The number of hydrogen-bond donors (Lipinski definition) is 1. The van der Waals surface area contributed by atoms with Crippen LogP contribution in [-0.4, -0.2) is 64.9 Å². The van der Waals surface area contributed by atoms with Crippen molar-refractivity contribution in [3.63, 3.8) is 0 Å². The van der Waals surface area contributed by atoms with E-state index >= 15 is 0 Å². The fraction of sp³-hybridized carbons (Fsp3) is 0.786. The fourth-order valence-corrected chi connectivity index (χ4v) is 3.22. The molecule has 2 aliphatic rings. The van der Waals surface area contributed by atoms with Crippen LogP contribution in [0.3, 0.4) is 0 Å². The van der Waals surface area contributed by atoms with Crippen LogP contribution in [0.5, 0.6) is 0 Å². The van der Waals surface area contributed by atoms with Gasteiger partial charge in [-0.3, -0.25) is 14.5 Å². The van der Waals surface area contributed by atoms with E-state index in [0.717, 1.165) is 32.2 Å². The van der Waals surface area contributed by atoms with Crippen LogP contribution in [0.4, 0.5) is 0 Å². The highest BCUT2D eigenvalue weighted by Gasteiger charge is 2.28. The molecule has 2 saturated heterocycles. The molecular formula is C14H25N5. The second-order valence-corrected chi connectivity index (χ2v) is 5.67. The summed E-state index contributed by atoms with van der Waals surface area (Å²) in [7, 11) is 0. The van der Waals surface area contributed by atoms with E-state index in [2.05, 4.69) is 33.3 Å². The lowest BCUT2D eigenvalue weighted by molar-refractivity contribution is 0.170. The van der Waals surface area contributed by atoms with Gasteiger partial charge in [0.2, 0.25) is 0 Å². The molecule has 1 aromatic heterocycles. The zero-order chi connectivity index (χ0) is 13.1. The molecule has 0 saturated carbocycles. The number of rotatable bonds is 4. The van der Waals surface area contributed by atoms with Crippen molar-refractivity contribution in [2.45, 2.75) is 32.5 Å². The lowest BCUT2D eigenvalue weighted by Crippen LogP contribution is -2.49. The van der Waals surface area contributed by atoms with E-state index in [-0.39, 0.29) is 0 Å². The van der Waals surface area contributed by atoms with Crippen LogP contribution in [0.25, 0.3) is 0 Å². The van der Waals surface area contributed by atoms with Crippen molar-refractivity contribution in [1.82, 2.24) is 24.9 Å². The van der Waals surface area contributed by atoms with Gasteiger partial charge in [0, 0.05) is 70.2 Å². The highest BCUT2D eigenvalue weighted by molar-refractivity contribution is 5.04. The average Bonchev–Trinajstić information content (AvgIpc) is 3.09. The number of likely N-dealkylation sites (tertiary alicyclic amines) is 1. The van der Waals surface area contributed by atoms with Crippen molar-refractivity contribution in [3.8, 4) is 0 Å². The van der Waals surface area contributed by atoms with Gasteiger partial charge in [-0.15, -0.1) is 0 Å². The molecule has 1 unspecified atom stereocenters. The molecule has 19 heavy (non-hydrogen) atoms. The molecule has 0 aromatic carbocycles. The van der Waals surface area contributed by atoms with Crippen molar-refractivity contribution in [1.29, 1.82) is 0 Å². The molecule has 0 aliphatic carbocycles. The molecule has 1 N–H and O–H groups in total. The van der Waals surface area contributed by atoms with Crippen LogP contribution in [0.1, 0.15) is 18.9 Å². The van der Waals surface area contributed by atoms with Crippen LogP contribution < -0.4 is 5.32 Å². The third kappa shape index (κ3) is 3.16. The summed E-state index contributed by atoms with van der Waals surface area (Å²) in [4.78, 5) is 5.23. The van der Waals surface area contributed by atoms with Crippen molar-refractivity contribution in [3.05, 3.63) is 18.0 Å². The van der Waals surface area contributed by atoms with Crippen LogP contribution in [-0.2, 0) is 13.1 Å². The van der Waals surface area contributed by atoms with Crippen LogP contribution in [0, 0.1) is 0 Å². The molecule has 0 spiro atoms. The van der Waals surface area contributed by atoms with Crippen molar-refractivity contribution in [2.75, 3.05) is 39.3 Å². The Labute approximate surface area is 115 Å². The Bertz CT molecular complexity index is 396. The van der Waals surface area contributed by atoms with Gasteiger partial charge < -0.3 is 5.32 Å². The van der Waals surface area contributed by atoms with Crippen LogP contribution in [0.2, 0.25) is 0 Å². The number of hydrogen-bond acceptors (Lipinski definition) is 4. The highest BCUT2D eigenvalue weighted by atomic mass is 15.3. The standard InChI is InChI=1S/C14H25N5/c1-2-19-11-13(9-16-19)10-17-6-3-14(12-17)18-7-4-15-5-8-18/h9,11,14-15H,2-8,10,12H2,1H3. The summed E-state index contributed by atoms with van der Waals surface area (Å²) < 4.78 is 2.01. The summed E-state index contributed by atoms with van der Waals surface area (Å²) in [5.74, 6) is 0. The van der Waals surface area contributed by atoms with Gasteiger partial charge >= 0.3 is 0 Å². The summed E-state index contributed by atoms with van der Waals surface area (Å²) in [6.07, 6.45) is 5.52. The predicted octanol–water partition coefficient (Wildman–Crippen LogP) is 0.383. The first-order valence-electron chi connectivity index (χ1n) is 7.53. The number of nitrogens with zero attached hydrogens (tertiary/aromatic N) is 4. The third-order valence-electron chi connectivity index (χ3n) is 4.33. The first-order chi connectivity index (χ1) is 9.35. The Balaban J connectivity index is 1.51. The van der Waals surface area contributed by atoms with Crippen molar-refractivity contribution < 1.29 is 0 Å². The monoisotopic (exact) mass is 263 g/mol. The summed E-state index contributed by atoms with van der Waals surface area (Å²) >= 11 is 0. The fourth-order valence-electron chi connectivity index (χ4n) is 3.22. The quantitative estimate of drug-likeness (QED) is 0.852. The Morgan fingerprint density at radius 2 is 2.16 bits per heavy atom. The Kier molecular flexibility index (Phi) is 4.15. The van der Waals surface area contributed by atoms with Crippen LogP contribution in [0.15, 0.2) is 12.4 Å². The molecule has 1 aromatic rings. The normalized spacial score (nSPS) is 26.1. The molecule has 3 rings (SSSR count). The molecule has 5 heteroatoms. The first-order valence-corrected chi connectivity index (χ1v) is 7.53. The molecule has 2 aliphatic heterocycles. The van der Waals surface area contributed by atoms with E-state index in [1.54, 1.807) is 0 Å². The second kappa shape index (κ2) is 6.03. The molecule has 2 fully saturated rings.